The summed E-state index contributed by atoms with van der Waals surface area (Å²) in [5, 5.41) is 2.39. The largest absolute Gasteiger partial charge is 0.467 e. The fraction of sp³-hybridized carbons (Fsp3) is 0.222. The summed E-state index contributed by atoms with van der Waals surface area (Å²) < 4.78 is 55.6. The van der Waals surface area contributed by atoms with Gasteiger partial charge in [-0.1, -0.05) is 12.1 Å². The fourth-order valence-electron chi connectivity index (χ4n) is 2.29. The first-order valence-electron chi connectivity index (χ1n) is 7.51. The molecule has 2 aromatic rings. The Morgan fingerprint density at radius 3 is 2.31 bits per heavy atom. The van der Waals surface area contributed by atoms with Crippen molar-refractivity contribution in [3.8, 4) is 0 Å². The maximum absolute atomic E-state index is 13.3. The Kier molecular flexibility index (Phi) is 5.97. The zero-order valence-corrected chi connectivity index (χ0v) is 13.6. The van der Waals surface area contributed by atoms with E-state index in [1.165, 1.54) is 18.2 Å². The van der Waals surface area contributed by atoms with E-state index in [4.69, 9.17) is 0 Å². The maximum atomic E-state index is 13.3. The van der Waals surface area contributed by atoms with Gasteiger partial charge in [-0.05, 0) is 42.0 Å². The molecule has 0 heterocycles. The predicted octanol–water partition coefficient (Wildman–Crippen LogP) is 3.36. The predicted molar refractivity (Wildman–Crippen MR) is 84.8 cm³/mol. The van der Waals surface area contributed by atoms with Gasteiger partial charge in [-0.3, -0.25) is 4.79 Å². The van der Waals surface area contributed by atoms with Crippen molar-refractivity contribution in [1.82, 2.24) is 5.32 Å². The fourth-order valence-corrected chi connectivity index (χ4v) is 2.29. The number of esters is 1. The van der Waals surface area contributed by atoms with Crippen LogP contribution >= 0.6 is 0 Å². The quantitative estimate of drug-likeness (QED) is 0.650. The number of nitrogens with one attached hydrogen (secondary N) is 1. The van der Waals surface area contributed by atoms with Crippen molar-refractivity contribution in [3.05, 3.63) is 71.0 Å². The first-order valence-corrected chi connectivity index (χ1v) is 7.51. The molecule has 0 spiro atoms. The molecule has 0 aromatic heterocycles. The lowest BCUT2D eigenvalue weighted by Gasteiger charge is -2.17. The molecule has 0 aliphatic heterocycles. The number of alkyl halides is 3. The van der Waals surface area contributed by atoms with Crippen molar-refractivity contribution in [2.45, 2.75) is 18.6 Å². The molecule has 0 fully saturated rings. The molecule has 0 aliphatic carbocycles. The van der Waals surface area contributed by atoms with Crippen LogP contribution in [0.1, 0.15) is 21.5 Å². The zero-order chi connectivity index (χ0) is 19.3. The summed E-state index contributed by atoms with van der Waals surface area (Å²) in [5.74, 6) is -2.00. The van der Waals surface area contributed by atoms with E-state index >= 15 is 0 Å². The summed E-state index contributed by atoms with van der Waals surface area (Å²) in [7, 11) is 1.13. The van der Waals surface area contributed by atoms with Gasteiger partial charge in [0.05, 0.1) is 12.7 Å². The highest BCUT2D eigenvalue weighted by Crippen LogP contribution is 2.29. The lowest BCUT2D eigenvalue weighted by Crippen LogP contribution is -2.43. The van der Waals surface area contributed by atoms with E-state index in [9.17, 15) is 27.2 Å². The summed E-state index contributed by atoms with van der Waals surface area (Å²) in [5.41, 5.74) is -0.488. The molecule has 138 valence electrons. The molecule has 1 atom stereocenters. The van der Waals surface area contributed by atoms with Crippen molar-refractivity contribution < 1.29 is 31.9 Å². The minimum absolute atomic E-state index is 0.0309. The van der Waals surface area contributed by atoms with Crippen molar-refractivity contribution in [3.63, 3.8) is 0 Å². The van der Waals surface area contributed by atoms with Gasteiger partial charge in [0.15, 0.2) is 0 Å². The molecule has 2 aromatic carbocycles. The third kappa shape index (κ3) is 5.05. The van der Waals surface area contributed by atoms with Gasteiger partial charge < -0.3 is 10.1 Å². The van der Waals surface area contributed by atoms with Gasteiger partial charge in [-0.2, -0.15) is 13.2 Å². The second kappa shape index (κ2) is 7.99. The molecule has 8 heteroatoms. The Morgan fingerprint density at radius 1 is 1.12 bits per heavy atom. The number of halogens is 4. The van der Waals surface area contributed by atoms with Crippen LogP contribution < -0.4 is 5.32 Å². The van der Waals surface area contributed by atoms with Gasteiger partial charge in [-0.15, -0.1) is 0 Å². The molecule has 0 bridgehead atoms. The van der Waals surface area contributed by atoms with Crippen molar-refractivity contribution in [1.29, 1.82) is 0 Å². The molecule has 0 saturated carbocycles. The van der Waals surface area contributed by atoms with Gasteiger partial charge in [0.1, 0.15) is 11.9 Å². The Bertz CT molecular complexity index is 788. The zero-order valence-electron chi connectivity index (χ0n) is 13.6. The second-order valence-electron chi connectivity index (χ2n) is 5.46. The minimum atomic E-state index is -4.51. The number of carbonyl (C=O) groups excluding carboxylic acids is 2. The highest BCUT2D eigenvalue weighted by molar-refractivity contribution is 5.96. The molecule has 1 amide bonds. The number of hydrogen-bond donors (Lipinski definition) is 1. The smallest absolute Gasteiger partial charge is 0.416 e. The van der Waals surface area contributed by atoms with E-state index in [1.54, 1.807) is 6.07 Å². The molecular formula is C18H15F4NO3. The van der Waals surface area contributed by atoms with E-state index in [0.29, 0.717) is 5.56 Å². The Morgan fingerprint density at radius 2 is 1.77 bits per heavy atom. The number of methoxy groups -OCH3 is 1. The molecule has 26 heavy (non-hydrogen) atoms. The summed E-state index contributed by atoms with van der Waals surface area (Å²) in [4.78, 5) is 24.1. The van der Waals surface area contributed by atoms with Crippen LogP contribution in [0.5, 0.6) is 0 Å². The van der Waals surface area contributed by atoms with Crippen LogP contribution in [0.25, 0.3) is 0 Å². The molecule has 0 unspecified atom stereocenters. The van der Waals surface area contributed by atoms with Gasteiger partial charge >= 0.3 is 12.1 Å². The number of ether oxygens (including phenoxy) is 1. The second-order valence-corrected chi connectivity index (χ2v) is 5.46. The standard InChI is InChI=1S/C18H15F4NO3/c1-26-17(25)15(10-11-3-2-4-14(19)9-11)23-16(24)12-5-7-13(8-6-12)18(20,21)22/h2-9,15H,10H2,1H3,(H,23,24)/t15-/m1/s1. The number of amides is 1. The molecule has 4 nitrogen and oxygen atoms in total. The summed E-state index contributed by atoms with van der Waals surface area (Å²) in [6, 6.07) is 7.92. The van der Waals surface area contributed by atoms with Gasteiger partial charge in [0.2, 0.25) is 0 Å². The molecule has 2 rings (SSSR count). The maximum Gasteiger partial charge on any atom is 0.416 e. The first kappa shape index (κ1) is 19.4. The van der Waals surface area contributed by atoms with Crippen molar-refractivity contribution in [2.75, 3.05) is 7.11 Å². The minimum Gasteiger partial charge on any atom is -0.467 e. The number of benzene rings is 2. The molecule has 0 aliphatic rings. The molecule has 1 N–H and O–H groups in total. The Labute approximate surface area is 146 Å². The average molecular weight is 369 g/mol. The van der Waals surface area contributed by atoms with E-state index in [2.05, 4.69) is 10.1 Å². The third-order valence-corrected chi connectivity index (χ3v) is 3.59. The lowest BCUT2D eigenvalue weighted by molar-refractivity contribution is -0.142. The van der Waals surface area contributed by atoms with E-state index in [-0.39, 0.29) is 12.0 Å². The Balaban J connectivity index is 2.14. The number of carbonyl (C=O) groups is 2. The highest BCUT2D eigenvalue weighted by Gasteiger charge is 2.30. The highest BCUT2D eigenvalue weighted by atomic mass is 19.4. The van der Waals surface area contributed by atoms with Gasteiger partial charge in [-0.25, -0.2) is 9.18 Å². The van der Waals surface area contributed by atoms with Crippen molar-refractivity contribution >= 4 is 11.9 Å². The van der Waals surface area contributed by atoms with E-state index < -0.39 is 35.5 Å². The average Bonchev–Trinajstić information content (AvgIpc) is 2.59. The normalized spacial score (nSPS) is 12.3. The van der Waals surface area contributed by atoms with Crippen LogP contribution in [-0.4, -0.2) is 25.0 Å². The van der Waals surface area contributed by atoms with Gasteiger partial charge in [0, 0.05) is 12.0 Å². The lowest BCUT2D eigenvalue weighted by atomic mass is 10.0. The molecule has 0 saturated heterocycles. The van der Waals surface area contributed by atoms with Crippen LogP contribution in [0.4, 0.5) is 17.6 Å². The summed E-state index contributed by atoms with van der Waals surface area (Å²) in [6.07, 6.45) is -4.54. The van der Waals surface area contributed by atoms with Gasteiger partial charge in [0.25, 0.3) is 5.91 Å². The molecule has 0 radical (unpaired) electrons. The van der Waals surface area contributed by atoms with Crippen LogP contribution in [0.2, 0.25) is 0 Å². The topological polar surface area (TPSA) is 55.4 Å². The summed E-state index contributed by atoms with van der Waals surface area (Å²) >= 11 is 0. The van der Waals surface area contributed by atoms with E-state index in [1.807, 2.05) is 0 Å². The molecular weight excluding hydrogens is 354 g/mol. The van der Waals surface area contributed by atoms with Crippen molar-refractivity contribution in [2.24, 2.45) is 0 Å². The van der Waals surface area contributed by atoms with Crippen LogP contribution in [0.15, 0.2) is 48.5 Å². The number of rotatable bonds is 5. The third-order valence-electron chi connectivity index (χ3n) is 3.59. The summed E-state index contributed by atoms with van der Waals surface area (Å²) in [6.45, 7) is 0. The first-order chi connectivity index (χ1) is 12.2. The Hall–Kier alpha value is -2.90. The van der Waals surface area contributed by atoms with Crippen LogP contribution in [0.3, 0.4) is 0 Å². The van der Waals surface area contributed by atoms with Crippen LogP contribution in [-0.2, 0) is 22.1 Å². The monoisotopic (exact) mass is 369 g/mol. The SMILES string of the molecule is COC(=O)[C@@H](Cc1cccc(F)c1)NC(=O)c1ccc(C(F)(F)F)cc1. The van der Waals surface area contributed by atoms with Crippen LogP contribution in [0, 0.1) is 5.82 Å². The number of hydrogen-bond acceptors (Lipinski definition) is 3. The van der Waals surface area contributed by atoms with E-state index in [0.717, 1.165) is 31.4 Å².